The summed E-state index contributed by atoms with van der Waals surface area (Å²) >= 11 is 0. The molecule has 428 valence electrons. The minimum Gasteiger partial charge on any atom is -0.462 e. The van der Waals surface area contributed by atoms with Gasteiger partial charge >= 0.3 is 17.9 Å². The van der Waals surface area contributed by atoms with Crippen LogP contribution in [0.1, 0.15) is 323 Å². The molecule has 0 amide bonds. The Kier molecular flexibility index (Phi) is 59.7. The molecule has 0 spiro atoms. The average molecular weight is 1030 g/mol. The van der Waals surface area contributed by atoms with Crippen LogP contribution >= 0.6 is 0 Å². The van der Waals surface area contributed by atoms with Gasteiger partial charge in [0.25, 0.3) is 0 Å². The van der Waals surface area contributed by atoms with Gasteiger partial charge in [-0.05, 0) is 83.5 Å². The highest BCUT2D eigenvalue weighted by Gasteiger charge is 2.19. The minimum atomic E-state index is -0.778. The molecule has 0 fully saturated rings. The minimum absolute atomic E-state index is 0.0761. The van der Waals surface area contributed by atoms with Crippen LogP contribution in [0.5, 0.6) is 0 Å². The molecule has 0 aliphatic rings. The van der Waals surface area contributed by atoms with E-state index >= 15 is 0 Å². The first-order chi connectivity index (χ1) is 36.5. The predicted octanol–water partition coefficient (Wildman–Crippen LogP) is 21.7. The summed E-state index contributed by atoms with van der Waals surface area (Å²) in [6.45, 7) is 6.52. The van der Waals surface area contributed by atoms with Crippen LogP contribution in [0.25, 0.3) is 0 Å². The smallest absolute Gasteiger partial charge is 0.306 e. The van der Waals surface area contributed by atoms with E-state index in [9.17, 15) is 14.4 Å². The van der Waals surface area contributed by atoms with E-state index in [0.29, 0.717) is 19.3 Å². The zero-order valence-corrected chi connectivity index (χ0v) is 49.1. The Bertz CT molecular complexity index is 1370. The second-order valence-electron chi connectivity index (χ2n) is 21.3. The van der Waals surface area contributed by atoms with Crippen molar-refractivity contribution in [2.45, 2.75) is 329 Å². The quantitative estimate of drug-likeness (QED) is 0.0261. The van der Waals surface area contributed by atoms with Gasteiger partial charge in [-0.15, -0.1) is 0 Å². The molecule has 0 radical (unpaired) electrons. The number of hydrogen-bond acceptors (Lipinski definition) is 6. The summed E-state index contributed by atoms with van der Waals surface area (Å²) in [7, 11) is 0. The van der Waals surface area contributed by atoms with Crippen molar-refractivity contribution in [1.82, 2.24) is 0 Å². The molecule has 0 bridgehead atoms. The topological polar surface area (TPSA) is 78.9 Å². The largest absolute Gasteiger partial charge is 0.462 e. The molecule has 0 aliphatic heterocycles. The number of rotatable bonds is 58. The Labute approximate surface area is 459 Å². The van der Waals surface area contributed by atoms with Gasteiger partial charge in [0.15, 0.2) is 6.10 Å². The second kappa shape index (κ2) is 62.4. The van der Waals surface area contributed by atoms with Crippen molar-refractivity contribution in [2.24, 2.45) is 0 Å². The molecule has 0 heterocycles. The molecule has 1 unspecified atom stereocenters. The summed E-state index contributed by atoms with van der Waals surface area (Å²) in [6, 6.07) is 0. The van der Waals surface area contributed by atoms with Crippen LogP contribution in [0.15, 0.2) is 72.9 Å². The first-order valence-electron chi connectivity index (χ1n) is 31.9. The highest BCUT2D eigenvalue weighted by Crippen LogP contribution is 2.17. The van der Waals surface area contributed by atoms with Crippen LogP contribution in [0.2, 0.25) is 0 Å². The van der Waals surface area contributed by atoms with Crippen LogP contribution in [0.3, 0.4) is 0 Å². The van der Waals surface area contributed by atoms with E-state index in [0.717, 1.165) is 96.3 Å². The fourth-order valence-corrected chi connectivity index (χ4v) is 9.16. The van der Waals surface area contributed by atoms with E-state index in [2.05, 4.69) is 93.7 Å². The zero-order valence-electron chi connectivity index (χ0n) is 49.1. The molecule has 0 N–H and O–H groups in total. The van der Waals surface area contributed by atoms with Gasteiger partial charge in [-0.2, -0.15) is 0 Å². The van der Waals surface area contributed by atoms with E-state index in [1.54, 1.807) is 0 Å². The number of unbranched alkanes of at least 4 members (excludes halogenated alkanes) is 35. The fraction of sp³-hybridized carbons (Fsp3) is 0.779. The Morgan fingerprint density at radius 2 is 0.541 bits per heavy atom. The van der Waals surface area contributed by atoms with E-state index in [-0.39, 0.29) is 31.1 Å². The Balaban J connectivity index is 4.23. The molecule has 0 saturated heterocycles. The fourth-order valence-electron chi connectivity index (χ4n) is 9.16. The maximum absolute atomic E-state index is 12.9. The lowest BCUT2D eigenvalue weighted by Gasteiger charge is -2.18. The van der Waals surface area contributed by atoms with Gasteiger partial charge in [-0.3, -0.25) is 14.4 Å². The van der Waals surface area contributed by atoms with Gasteiger partial charge in [-0.25, -0.2) is 0 Å². The molecule has 74 heavy (non-hydrogen) atoms. The number of hydrogen-bond donors (Lipinski definition) is 0. The summed E-state index contributed by atoms with van der Waals surface area (Å²) in [4.78, 5) is 38.2. The number of carbonyl (C=O) groups excluding carboxylic acids is 3. The number of allylic oxidation sites excluding steroid dienone is 12. The van der Waals surface area contributed by atoms with Crippen molar-refractivity contribution in [1.29, 1.82) is 0 Å². The van der Waals surface area contributed by atoms with Crippen LogP contribution in [-0.2, 0) is 28.6 Å². The summed E-state index contributed by atoms with van der Waals surface area (Å²) in [6.07, 6.45) is 80.5. The molecule has 6 nitrogen and oxygen atoms in total. The third kappa shape index (κ3) is 59.7. The van der Waals surface area contributed by atoms with E-state index < -0.39 is 6.10 Å². The maximum Gasteiger partial charge on any atom is 0.306 e. The third-order valence-corrected chi connectivity index (χ3v) is 13.9. The summed E-state index contributed by atoms with van der Waals surface area (Å²) in [5.74, 6) is -0.873. The van der Waals surface area contributed by atoms with E-state index in [1.165, 1.54) is 186 Å². The molecule has 0 aromatic heterocycles. The molecule has 0 aliphatic carbocycles. The van der Waals surface area contributed by atoms with Crippen molar-refractivity contribution < 1.29 is 28.6 Å². The van der Waals surface area contributed by atoms with Crippen LogP contribution in [0, 0.1) is 0 Å². The van der Waals surface area contributed by atoms with E-state index in [1.807, 2.05) is 0 Å². The van der Waals surface area contributed by atoms with Gasteiger partial charge in [0.05, 0.1) is 0 Å². The van der Waals surface area contributed by atoms with Gasteiger partial charge < -0.3 is 14.2 Å². The third-order valence-electron chi connectivity index (χ3n) is 13.9. The first kappa shape index (κ1) is 70.8. The Hall–Kier alpha value is -3.15. The maximum atomic E-state index is 12.9. The molecule has 6 heteroatoms. The van der Waals surface area contributed by atoms with Crippen molar-refractivity contribution in [3.05, 3.63) is 72.9 Å². The van der Waals surface area contributed by atoms with Crippen molar-refractivity contribution in [2.75, 3.05) is 13.2 Å². The lowest BCUT2D eigenvalue weighted by molar-refractivity contribution is -0.167. The van der Waals surface area contributed by atoms with E-state index in [4.69, 9.17) is 14.2 Å². The first-order valence-corrected chi connectivity index (χ1v) is 31.9. The monoisotopic (exact) mass is 1030 g/mol. The molecular formula is C68H120O6. The van der Waals surface area contributed by atoms with Crippen LogP contribution in [-0.4, -0.2) is 37.2 Å². The van der Waals surface area contributed by atoms with Crippen molar-refractivity contribution in [3.63, 3.8) is 0 Å². The molecule has 0 saturated carbocycles. The Morgan fingerprint density at radius 1 is 0.284 bits per heavy atom. The summed E-state index contributed by atoms with van der Waals surface area (Å²) in [5, 5.41) is 0. The number of esters is 3. The SMILES string of the molecule is CC/C=C\C/C=C\C/C=C\C/C=C\C/C=C\CCCCCCCCCCCCCC(=O)OCC(COC(=O)CCCCCCC/C=C\CCCC)OC(=O)CCCCCCCCCCCCCCCCCCCC. The molecule has 0 aromatic carbocycles. The summed E-state index contributed by atoms with van der Waals surface area (Å²) < 4.78 is 16.9. The lowest BCUT2D eigenvalue weighted by Crippen LogP contribution is -2.30. The summed E-state index contributed by atoms with van der Waals surface area (Å²) in [5.41, 5.74) is 0. The van der Waals surface area contributed by atoms with Gasteiger partial charge in [0, 0.05) is 19.3 Å². The van der Waals surface area contributed by atoms with Crippen LogP contribution in [0.4, 0.5) is 0 Å². The normalized spacial score (nSPS) is 12.5. The molecule has 0 rings (SSSR count). The predicted molar refractivity (Wildman–Crippen MR) is 321 cm³/mol. The lowest BCUT2D eigenvalue weighted by atomic mass is 10.0. The highest BCUT2D eigenvalue weighted by molar-refractivity contribution is 5.71. The van der Waals surface area contributed by atoms with Crippen molar-refractivity contribution >= 4 is 17.9 Å². The number of ether oxygens (including phenoxy) is 3. The second-order valence-corrected chi connectivity index (χ2v) is 21.3. The van der Waals surface area contributed by atoms with Crippen molar-refractivity contribution in [3.8, 4) is 0 Å². The molecule has 1 atom stereocenters. The van der Waals surface area contributed by atoms with Gasteiger partial charge in [0.1, 0.15) is 13.2 Å². The van der Waals surface area contributed by atoms with Gasteiger partial charge in [0.2, 0.25) is 0 Å². The standard InChI is InChI=1S/C68H120O6/c1-4-7-10-13-16-19-22-24-26-28-30-31-32-33-34-35-36-37-38-40-41-43-46-49-52-55-58-61-67(70)73-64-65(63-72-66(69)60-57-54-51-48-45-21-18-15-12-9-6-3)74-68(71)62-59-56-53-50-47-44-42-39-29-27-25-23-20-17-14-11-8-5-2/h7,10,15-16,18-19,24,26,30-31,33-34,65H,4-6,8-9,11-14,17,20-23,25,27-29,32,35-64H2,1-3H3/b10-7-,18-15-,19-16-,26-24-,31-30-,34-33-. The van der Waals surface area contributed by atoms with Crippen LogP contribution < -0.4 is 0 Å². The molecular weight excluding hydrogens is 913 g/mol. The average Bonchev–Trinajstić information content (AvgIpc) is 3.40. The highest BCUT2D eigenvalue weighted by atomic mass is 16.6. The molecule has 0 aromatic rings. The van der Waals surface area contributed by atoms with Gasteiger partial charge in [-0.1, -0.05) is 293 Å². The zero-order chi connectivity index (χ0) is 53.6. The number of carbonyl (C=O) groups is 3. The Morgan fingerprint density at radius 3 is 0.878 bits per heavy atom.